The van der Waals surface area contributed by atoms with Gasteiger partial charge in [0.05, 0.1) is 11.2 Å². The van der Waals surface area contributed by atoms with E-state index in [1.165, 1.54) is 17.6 Å². The SMILES string of the molecule is CCC1=CCC2(O)C3CC=C4CC(C)(O)CCC4(C)C3CCC12C. The Bertz CT molecular complexity index is 615. The van der Waals surface area contributed by atoms with Crippen LogP contribution in [0.1, 0.15) is 79.1 Å². The van der Waals surface area contributed by atoms with Crippen molar-refractivity contribution in [2.45, 2.75) is 90.3 Å². The van der Waals surface area contributed by atoms with Crippen molar-refractivity contribution in [3.8, 4) is 0 Å². The van der Waals surface area contributed by atoms with Crippen LogP contribution in [0.2, 0.25) is 0 Å². The molecule has 2 nitrogen and oxygen atoms in total. The molecule has 2 heteroatoms. The summed E-state index contributed by atoms with van der Waals surface area (Å²) in [6.45, 7) is 8.95. The van der Waals surface area contributed by atoms with Crippen LogP contribution >= 0.6 is 0 Å². The summed E-state index contributed by atoms with van der Waals surface area (Å²) in [7, 11) is 0. The summed E-state index contributed by atoms with van der Waals surface area (Å²) in [4.78, 5) is 0. The predicted molar refractivity (Wildman–Crippen MR) is 97.5 cm³/mol. The van der Waals surface area contributed by atoms with Crippen molar-refractivity contribution in [2.24, 2.45) is 22.7 Å². The van der Waals surface area contributed by atoms with Crippen molar-refractivity contribution in [1.82, 2.24) is 0 Å². The molecule has 0 radical (unpaired) electrons. The quantitative estimate of drug-likeness (QED) is 0.680. The van der Waals surface area contributed by atoms with Gasteiger partial charge in [0.15, 0.2) is 0 Å². The third-order valence-electron chi connectivity index (χ3n) is 8.68. The topological polar surface area (TPSA) is 40.5 Å². The minimum Gasteiger partial charge on any atom is -0.390 e. The van der Waals surface area contributed by atoms with Gasteiger partial charge >= 0.3 is 0 Å². The first kappa shape index (κ1) is 16.8. The molecule has 4 aliphatic carbocycles. The van der Waals surface area contributed by atoms with Crippen LogP contribution in [0.5, 0.6) is 0 Å². The minimum absolute atomic E-state index is 0.0230. The second kappa shape index (κ2) is 4.98. The summed E-state index contributed by atoms with van der Waals surface area (Å²) in [5.41, 5.74) is 2.00. The van der Waals surface area contributed by atoms with Gasteiger partial charge < -0.3 is 10.2 Å². The van der Waals surface area contributed by atoms with Crippen LogP contribution in [0.15, 0.2) is 23.3 Å². The van der Waals surface area contributed by atoms with Crippen LogP contribution in [-0.2, 0) is 0 Å². The number of hydrogen-bond acceptors (Lipinski definition) is 2. The molecule has 0 spiro atoms. The Kier molecular flexibility index (Phi) is 3.49. The average molecular weight is 331 g/mol. The highest BCUT2D eigenvalue weighted by Gasteiger charge is 2.64. The summed E-state index contributed by atoms with van der Waals surface area (Å²) in [5.74, 6) is 0.935. The van der Waals surface area contributed by atoms with Crippen molar-refractivity contribution in [1.29, 1.82) is 0 Å². The molecule has 0 amide bonds. The fraction of sp³-hybridized carbons (Fsp3) is 0.818. The van der Waals surface area contributed by atoms with Gasteiger partial charge in [-0.15, -0.1) is 0 Å². The number of hydrogen-bond donors (Lipinski definition) is 2. The van der Waals surface area contributed by atoms with E-state index in [1.807, 2.05) is 6.92 Å². The second-order valence-electron chi connectivity index (χ2n) is 9.85. The van der Waals surface area contributed by atoms with Gasteiger partial charge in [0, 0.05) is 5.41 Å². The molecular weight excluding hydrogens is 296 g/mol. The van der Waals surface area contributed by atoms with E-state index in [-0.39, 0.29) is 10.8 Å². The van der Waals surface area contributed by atoms with Gasteiger partial charge in [0.25, 0.3) is 0 Å². The Hall–Kier alpha value is -0.600. The Morgan fingerprint density at radius 2 is 1.79 bits per heavy atom. The minimum atomic E-state index is -0.563. The van der Waals surface area contributed by atoms with Gasteiger partial charge in [0.2, 0.25) is 0 Å². The van der Waals surface area contributed by atoms with E-state index in [9.17, 15) is 10.2 Å². The molecule has 6 atom stereocenters. The zero-order valence-corrected chi connectivity index (χ0v) is 15.9. The predicted octanol–water partition coefficient (Wildman–Crippen LogP) is 4.76. The first-order valence-electron chi connectivity index (χ1n) is 10.0. The molecule has 4 rings (SSSR count). The van der Waals surface area contributed by atoms with E-state index in [0.29, 0.717) is 11.8 Å². The first-order valence-corrected chi connectivity index (χ1v) is 10.0. The van der Waals surface area contributed by atoms with Crippen LogP contribution in [-0.4, -0.2) is 21.4 Å². The maximum Gasteiger partial charge on any atom is 0.0806 e. The van der Waals surface area contributed by atoms with Crippen LogP contribution in [0, 0.1) is 22.7 Å². The third kappa shape index (κ3) is 1.96. The number of allylic oxidation sites excluding steroid dienone is 1. The van der Waals surface area contributed by atoms with Crippen molar-refractivity contribution in [2.75, 3.05) is 0 Å². The fourth-order valence-electron chi connectivity index (χ4n) is 6.97. The van der Waals surface area contributed by atoms with E-state index in [2.05, 4.69) is 32.9 Å². The molecule has 6 unspecified atom stereocenters. The molecule has 2 N–H and O–H groups in total. The molecule has 0 bridgehead atoms. The average Bonchev–Trinajstić information content (AvgIpc) is 2.79. The van der Waals surface area contributed by atoms with Crippen LogP contribution < -0.4 is 0 Å². The molecule has 0 aromatic heterocycles. The van der Waals surface area contributed by atoms with Gasteiger partial charge in [0.1, 0.15) is 0 Å². The second-order valence-corrected chi connectivity index (χ2v) is 9.85. The normalized spacial score (nSPS) is 53.6. The van der Waals surface area contributed by atoms with Gasteiger partial charge in [-0.1, -0.05) is 44.1 Å². The standard InChI is InChI=1S/C22H34O2/c1-5-15-8-11-22(24)18-7-6-16-14-19(2,23)12-13-20(16,3)17(18)9-10-21(15,22)4/h6,8,17-18,23-24H,5,7,9-14H2,1-4H3. The molecular formula is C22H34O2. The van der Waals surface area contributed by atoms with Crippen molar-refractivity contribution in [3.63, 3.8) is 0 Å². The number of aliphatic hydroxyl groups is 2. The van der Waals surface area contributed by atoms with Crippen molar-refractivity contribution in [3.05, 3.63) is 23.3 Å². The lowest BCUT2D eigenvalue weighted by atomic mass is 9.45. The molecule has 2 fully saturated rings. The monoisotopic (exact) mass is 330 g/mol. The van der Waals surface area contributed by atoms with E-state index < -0.39 is 11.2 Å². The third-order valence-corrected chi connectivity index (χ3v) is 8.68. The Morgan fingerprint density at radius 3 is 2.50 bits per heavy atom. The summed E-state index contributed by atoms with van der Waals surface area (Å²) < 4.78 is 0. The fourth-order valence-corrected chi connectivity index (χ4v) is 6.97. The zero-order valence-electron chi connectivity index (χ0n) is 15.9. The van der Waals surface area contributed by atoms with E-state index in [1.54, 1.807) is 0 Å². The molecule has 0 heterocycles. The molecule has 0 aromatic carbocycles. The lowest BCUT2D eigenvalue weighted by molar-refractivity contribution is -0.164. The van der Waals surface area contributed by atoms with Crippen LogP contribution in [0.25, 0.3) is 0 Å². The molecule has 24 heavy (non-hydrogen) atoms. The molecule has 134 valence electrons. The largest absolute Gasteiger partial charge is 0.390 e. The Balaban J connectivity index is 1.72. The summed E-state index contributed by atoms with van der Waals surface area (Å²) >= 11 is 0. The maximum atomic E-state index is 11.8. The van der Waals surface area contributed by atoms with Gasteiger partial charge in [-0.25, -0.2) is 0 Å². The van der Waals surface area contributed by atoms with Crippen molar-refractivity contribution < 1.29 is 10.2 Å². The highest BCUT2D eigenvalue weighted by Crippen LogP contribution is 2.67. The summed E-state index contributed by atoms with van der Waals surface area (Å²) in [5, 5.41) is 22.4. The number of rotatable bonds is 1. The van der Waals surface area contributed by atoms with Crippen LogP contribution in [0.3, 0.4) is 0 Å². The molecule has 0 saturated heterocycles. The Labute approximate surface area is 147 Å². The van der Waals surface area contributed by atoms with E-state index in [0.717, 1.165) is 44.9 Å². The highest BCUT2D eigenvalue weighted by molar-refractivity contribution is 5.35. The van der Waals surface area contributed by atoms with Crippen LogP contribution in [0.4, 0.5) is 0 Å². The lowest BCUT2D eigenvalue weighted by Gasteiger charge is -2.61. The van der Waals surface area contributed by atoms with Gasteiger partial charge in [-0.05, 0) is 75.5 Å². The lowest BCUT2D eigenvalue weighted by Crippen LogP contribution is -2.60. The molecule has 0 aliphatic heterocycles. The van der Waals surface area contributed by atoms with E-state index in [4.69, 9.17) is 0 Å². The van der Waals surface area contributed by atoms with Gasteiger partial charge in [-0.2, -0.15) is 0 Å². The zero-order chi connectivity index (χ0) is 17.4. The van der Waals surface area contributed by atoms with E-state index >= 15 is 0 Å². The number of fused-ring (bicyclic) bond motifs is 5. The highest BCUT2D eigenvalue weighted by atomic mass is 16.3. The summed E-state index contributed by atoms with van der Waals surface area (Å²) in [6, 6.07) is 0. The molecule has 4 aliphatic rings. The first-order chi connectivity index (χ1) is 11.2. The summed E-state index contributed by atoms with van der Waals surface area (Å²) in [6.07, 6.45) is 12.7. The van der Waals surface area contributed by atoms with Gasteiger partial charge in [-0.3, -0.25) is 0 Å². The molecule has 0 aromatic rings. The van der Waals surface area contributed by atoms with Crippen molar-refractivity contribution >= 4 is 0 Å². The Morgan fingerprint density at radius 1 is 1.04 bits per heavy atom. The smallest absolute Gasteiger partial charge is 0.0806 e. The molecule has 2 saturated carbocycles. The maximum absolute atomic E-state index is 11.8.